The minimum absolute atomic E-state index is 0.0566. The zero-order chi connectivity index (χ0) is 13.1. The van der Waals surface area contributed by atoms with Gasteiger partial charge in [-0.3, -0.25) is 0 Å². The lowest BCUT2D eigenvalue weighted by Gasteiger charge is -2.36. The van der Waals surface area contributed by atoms with Gasteiger partial charge in [-0.1, -0.05) is 27.2 Å². The minimum atomic E-state index is -3.12. The highest BCUT2D eigenvalue weighted by atomic mass is 32.2. The second-order valence-corrected chi connectivity index (χ2v) is 8.15. The number of hydrogen-bond acceptors (Lipinski definition) is 3. The van der Waals surface area contributed by atoms with Crippen molar-refractivity contribution in [2.75, 3.05) is 18.8 Å². The maximum Gasteiger partial charge on any atom is 0.214 e. The summed E-state index contributed by atoms with van der Waals surface area (Å²) in [6.07, 6.45) is 3.83. The molecule has 0 unspecified atom stereocenters. The Morgan fingerprint density at radius 3 is 2.24 bits per heavy atom. The Hall–Kier alpha value is -0.130. The highest BCUT2D eigenvalue weighted by Gasteiger charge is 2.33. The van der Waals surface area contributed by atoms with Gasteiger partial charge in [-0.2, -0.15) is 4.31 Å². The van der Waals surface area contributed by atoms with E-state index in [0.717, 1.165) is 19.3 Å². The van der Waals surface area contributed by atoms with Gasteiger partial charge in [0.15, 0.2) is 0 Å². The normalized spacial score (nSPS) is 18.4. The van der Waals surface area contributed by atoms with Crippen LogP contribution in [0.15, 0.2) is 0 Å². The predicted molar refractivity (Wildman–Crippen MR) is 71.3 cm³/mol. The van der Waals surface area contributed by atoms with Gasteiger partial charge >= 0.3 is 0 Å². The van der Waals surface area contributed by atoms with Crippen LogP contribution in [0.25, 0.3) is 0 Å². The third kappa shape index (κ3) is 4.56. The van der Waals surface area contributed by atoms with Gasteiger partial charge in [0.2, 0.25) is 10.0 Å². The van der Waals surface area contributed by atoms with Gasteiger partial charge in [0.05, 0.1) is 5.75 Å². The molecule has 0 saturated heterocycles. The number of sulfonamides is 1. The Morgan fingerprint density at radius 2 is 1.88 bits per heavy atom. The van der Waals surface area contributed by atoms with E-state index in [1.54, 1.807) is 4.31 Å². The fraction of sp³-hybridized carbons (Fsp3) is 1.00. The van der Waals surface area contributed by atoms with Crippen molar-refractivity contribution in [3.8, 4) is 0 Å². The summed E-state index contributed by atoms with van der Waals surface area (Å²) in [6.45, 7) is 7.08. The molecular formula is C12H26N2O2S. The van der Waals surface area contributed by atoms with Crippen LogP contribution in [-0.4, -0.2) is 37.6 Å². The molecule has 0 radical (unpaired) electrons. The number of hydrogen-bond donors (Lipinski definition) is 1. The van der Waals surface area contributed by atoms with Crippen LogP contribution >= 0.6 is 0 Å². The molecule has 1 saturated carbocycles. The number of rotatable bonds is 6. The van der Waals surface area contributed by atoms with Crippen molar-refractivity contribution in [1.82, 2.24) is 4.31 Å². The predicted octanol–water partition coefficient (Wildman–Crippen LogP) is 1.57. The monoisotopic (exact) mass is 262 g/mol. The van der Waals surface area contributed by atoms with Crippen molar-refractivity contribution < 1.29 is 8.42 Å². The average molecular weight is 262 g/mol. The van der Waals surface area contributed by atoms with Gasteiger partial charge in [-0.15, -0.1) is 0 Å². The summed E-state index contributed by atoms with van der Waals surface area (Å²) in [5, 5.41) is 0. The molecule has 102 valence electrons. The summed E-state index contributed by atoms with van der Waals surface area (Å²) in [7, 11) is -3.12. The van der Waals surface area contributed by atoms with Gasteiger partial charge in [-0.05, 0) is 24.7 Å². The highest BCUT2D eigenvalue weighted by molar-refractivity contribution is 7.89. The van der Waals surface area contributed by atoms with Crippen LogP contribution in [0.4, 0.5) is 0 Å². The van der Waals surface area contributed by atoms with Gasteiger partial charge in [0.1, 0.15) is 0 Å². The van der Waals surface area contributed by atoms with Crippen LogP contribution in [0, 0.1) is 5.41 Å². The Morgan fingerprint density at radius 1 is 1.29 bits per heavy atom. The quantitative estimate of drug-likeness (QED) is 0.790. The molecule has 0 bridgehead atoms. The Labute approximate surface area is 106 Å². The van der Waals surface area contributed by atoms with E-state index in [1.807, 2.05) is 0 Å². The van der Waals surface area contributed by atoms with Crippen LogP contribution in [0.5, 0.6) is 0 Å². The van der Waals surface area contributed by atoms with Gasteiger partial charge in [0.25, 0.3) is 0 Å². The van der Waals surface area contributed by atoms with Crippen molar-refractivity contribution in [3.63, 3.8) is 0 Å². The summed E-state index contributed by atoms with van der Waals surface area (Å²) in [5.41, 5.74) is 5.58. The van der Waals surface area contributed by atoms with Crippen molar-refractivity contribution in [1.29, 1.82) is 0 Å². The largest absolute Gasteiger partial charge is 0.329 e. The second-order valence-electron chi connectivity index (χ2n) is 6.11. The first-order valence-electron chi connectivity index (χ1n) is 6.46. The molecule has 2 N–H and O–H groups in total. The molecule has 0 aromatic heterocycles. The van der Waals surface area contributed by atoms with E-state index < -0.39 is 10.0 Å². The van der Waals surface area contributed by atoms with Gasteiger partial charge in [-0.25, -0.2) is 8.42 Å². The maximum absolute atomic E-state index is 12.3. The Balaban J connectivity index is 2.63. The fourth-order valence-corrected chi connectivity index (χ4v) is 4.06. The van der Waals surface area contributed by atoms with E-state index in [9.17, 15) is 8.42 Å². The molecular weight excluding hydrogens is 236 g/mol. The van der Waals surface area contributed by atoms with E-state index >= 15 is 0 Å². The lowest BCUT2D eigenvalue weighted by atomic mass is 9.93. The smallest absolute Gasteiger partial charge is 0.214 e. The molecule has 1 fully saturated rings. The SMILES string of the molecule is CC(C)(C)CCS(=O)(=O)N(CCN)C1CCC1. The molecule has 0 heterocycles. The second kappa shape index (κ2) is 5.67. The van der Waals surface area contributed by atoms with E-state index in [4.69, 9.17) is 5.73 Å². The molecule has 0 aromatic rings. The van der Waals surface area contributed by atoms with Crippen molar-refractivity contribution in [2.45, 2.75) is 52.5 Å². The van der Waals surface area contributed by atoms with Gasteiger partial charge < -0.3 is 5.73 Å². The molecule has 0 aromatic carbocycles. The summed E-state index contributed by atoms with van der Waals surface area (Å²) in [5.74, 6) is 0.243. The van der Waals surface area contributed by atoms with E-state index in [-0.39, 0.29) is 17.2 Å². The highest BCUT2D eigenvalue weighted by Crippen LogP contribution is 2.28. The Bertz CT molecular complexity index is 329. The third-order valence-electron chi connectivity index (χ3n) is 3.30. The molecule has 1 aliphatic rings. The summed E-state index contributed by atoms with van der Waals surface area (Å²) >= 11 is 0. The Kier molecular flexibility index (Phi) is 4.98. The van der Waals surface area contributed by atoms with Crippen molar-refractivity contribution >= 4 is 10.0 Å². The van der Waals surface area contributed by atoms with E-state index in [0.29, 0.717) is 19.5 Å². The van der Waals surface area contributed by atoms with Crippen LogP contribution in [0.1, 0.15) is 46.5 Å². The van der Waals surface area contributed by atoms with Crippen molar-refractivity contribution in [2.24, 2.45) is 11.1 Å². The van der Waals surface area contributed by atoms with Crippen LogP contribution in [-0.2, 0) is 10.0 Å². The summed E-state index contributed by atoms with van der Waals surface area (Å²) < 4.78 is 26.2. The molecule has 0 amide bonds. The molecule has 0 spiro atoms. The fourth-order valence-electron chi connectivity index (χ4n) is 1.90. The number of nitrogens with zero attached hydrogens (tertiary/aromatic N) is 1. The standard InChI is InChI=1S/C12H26N2O2S/c1-12(2,3)7-10-17(15,16)14(9-8-13)11-5-4-6-11/h11H,4-10,13H2,1-3H3. The molecule has 0 atom stereocenters. The molecule has 1 rings (SSSR count). The van der Waals surface area contributed by atoms with Crippen molar-refractivity contribution in [3.05, 3.63) is 0 Å². The maximum atomic E-state index is 12.3. The summed E-state index contributed by atoms with van der Waals surface area (Å²) in [4.78, 5) is 0. The molecule has 17 heavy (non-hydrogen) atoms. The lowest BCUT2D eigenvalue weighted by molar-refractivity contribution is 0.222. The van der Waals surface area contributed by atoms with Gasteiger partial charge in [0, 0.05) is 19.1 Å². The first-order valence-corrected chi connectivity index (χ1v) is 8.07. The molecule has 4 nitrogen and oxygen atoms in total. The third-order valence-corrected chi connectivity index (χ3v) is 5.21. The zero-order valence-corrected chi connectivity index (χ0v) is 12.1. The topological polar surface area (TPSA) is 63.4 Å². The van der Waals surface area contributed by atoms with E-state index in [1.165, 1.54) is 0 Å². The minimum Gasteiger partial charge on any atom is -0.329 e. The van der Waals surface area contributed by atoms with Crippen LogP contribution in [0.2, 0.25) is 0 Å². The number of nitrogens with two attached hydrogens (primary N) is 1. The first-order chi connectivity index (χ1) is 7.76. The molecule has 1 aliphatic carbocycles. The first kappa shape index (κ1) is 14.9. The lowest BCUT2D eigenvalue weighted by Crippen LogP contribution is -2.47. The van der Waals surface area contributed by atoms with E-state index in [2.05, 4.69) is 20.8 Å². The van der Waals surface area contributed by atoms with Crippen LogP contribution < -0.4 is 5.73 Å². The zero-order valence-electron chi connectivity index (χ0n) is 11.3. The molecule has 5 heteroatoms. The van der Waals surface area contributed by atoms with Crippen LogP contribution in [0.3, 0.4) is 0 Å². The summed E-state index contributed by atoms with van der Waals surface area (Å²) in [6, 6.07) is 0.212. The molecule has 0 aliphatic heterocycles. The average Bonchev–Trinajstić information content (AvgIpc) is 2.10.